The zero-order chi connectivity index (χ0) is 15.1. The summed E-state index contributed by atoms with van der Waals surface area (Å²) in [7, 11) is 0. The molecule has 1 aromatic rings. The maximum absolute atomic E-state index is 12.2. The highest BCUT2D eigenvalue weighted by molar-refractivity contribution is 6.02. The molecule has 0 aromatic carbocycles. The molecule has 7 heteroatoms. The minimum absolute atomic E-state index is 0.0280. The minimum atomic E-state index is -0.152. The van der Waals surface area contributed by atoms with Crippen LogP contribution in [0.5, 0.6) is 0 Å². The average Bonchev–Trinajstić information content (AvgIpc) is 2.87. The predicted molar refractivity (Wildman–Crippen MR) is 71.1 cm³/mol. The first-order valence-corrected chi connectivity index (χ1v) is 7.01. The summed E-state index contributed by atoms with van der Waals surface area (Å²) < 4.78 is 5.04. The van der Waals surface area contributed by atoms with Crippen molar-refractivity contribution < 1.29 is 18.9 Å². The molecule has 3 heterocycles. The number of aromatic nitrogens is 1. The van der Waals surface area contributed by atoms with Gasteiger partial charge in [0.25, 0.3) is 0 Å². The largest absolute Gasteiger partial charge is 0.361 e. The Hall–Kier alpha value is -2.18. The summed E-state index contributed by atoms with van der Waals surface area (Å²) in [5, 5.41) is 3.83. The van der Waals surface area contributed by atoms with Gasteiger partial charge in [-0.1, -0.05) is 5.16 Å². The summed E-state index contributed by atoms with van der Waals surface area (Å²) in [6.45, 7) is 4.45. The fourth-order valence-electron chi connectivity index (χ4n) is 2.84. The lowest BCUT2D eigenvalue weighted by Crippen LogP contribution is -2.62. The van der Waals surface area contributed by atoms with Gasteiger partial charge in [-0.05, 0) is 13.8 Å². The number of likely N-dealkylation sites (tertiary alicyclic amines) is 2. The number of amides is 3. The van der Waals surface area contributed by atoms with E-state index in [2.05, 4.69) is 5.16 Å². The Balaban J connectivity index is 1.58. The zero-order valence-electron chi connectivity index (χ0n) is 12.1. The highest BCUT2D eigenvalue weighted by atomic mass is 16.5. The van der Waals surface area contributed by atoms with Gasteiger partial charge in [0.05, 0.1) is 18.2 Å². The van der Waals surface area contributed by atoms with Gasteiger partial charge in [-0.2, -0.15) is 0 Å². The molecule has 0 radical (unpaired) electrons. The second kappa shape index (κ2) is 4.98. The molecule has 1 aromatic heterocycles. The Bertz CT molecular complexity index is 580. The first-order valence-electron chi connectivity index (χ1n) is 7.01. The van der Waals surface area contributed by atoms with Crippen LogP contribution in [0.3, 0.4) is 0 Å². The van der Waals surface area contributed by atoms with E-state index in [9.17, 15) is 14.4 Å². The van der Waals surface area contributed by atoms with Crippen LogP contribution in [0.25, 0.3) is 0 Å². The molecule has 2 aliphatic heterocycles. The summed E-state index contributed by atoms with van der Waals surface area (Å²) in [5.41, 5.74) is 1.54. The third kappa shape index (κ3) is 2.32. The zero-order valence-corrected chi connectivity index (χ0v) is 12.1. The monoisotopic (exact) mass is 291 g/mol. The number of hydrogen-bond donors (Lipinski definition) is 0. The van der Waals surface area contributed by atoms with E-state index in [0.717, 1.165) is 11.3 Å². The summed E-state index contributed by atoms with van der Waals surface area (Å²) in [5.74, 6) is 0.383. The van der Waals surface area contributed by atoms with Crippen molar-refractivity contribution in [2.45, 2.75) is 39.2 Å². The number of nitrogens with zero attached hydrogens (tertiary/aromatic N) is 3. The van der Waals surface area contributed by atoms with Gasteiger partial charge >= 0.3 is 0 Å². The maximum Gasteiger partial charge on any atom is 0.230 e. The molecule has 0 bridgehead atoms. The molecule has 112 valence electrons. The molecule has 2 fully saturated rings. The lowest BCUT2D eigenvalue weighted by molar-refractivity contribution is -0.151. The van der Waals surface area contributed by atoms with Gasteiger partial charge in [-0.15, -0.1) is 0 Å². The molecule has 21 heavy (non-hydrogen) atoms. The van der Waals surface area contributed by atoms with E-state index in [1.165, 1.54) is 4.90 Å². The standard InChI is InChI=1S/C14H17N3O4/c1-8-11(9(2)21-15-8)5-14(20)16-6-10(7-16)17-12(18)3-4-13(17)19/h10H,3-7H2,1-2H3. The number of imide groups is 1. The Kier molecular flexibility index (Phi) is 3.27. The Morgan fingerprint density at radius 1 is 1.24 bits per heavy atom. The van der Waals surface area contributed by atoms with Crippen LogP contribution in [-0.4, -0.2) is 51.8 Å². The Labute approximate surface area is 121 Å². The normalized spacial score (nSPS) is 19.3. The van der Waals surface area contributed by atoms with Crippen LogP contribution in [0.15, 0.2) is 4.52 Å². The van der Waals surface area contributed by atoms with Crippen LogP contribution in [-0.2, 0) is 20.8 Å². The predicted octanol–water partition coefficient (Wildman–Crippen LogP) is 0.194. The van der Waals surface area contributed by atoms with Crippen molar-refractivity contribution in [2.24, 2.45) is 0 Å². The molecule has 0 N–H and O–H groups in total. The van der Waals surface area contributed by atoms with Crippen LogP contribution in [0.4, 0.5) is 0 Å². The third-order valence-corrected chi connectivity index (χ3v) is 4.18. The van der Waals surface area contributed by atoms with Gasteiger partial charge in [0.1, 0.15) is 5.76 Å². The summed E-state index contributed by atoms with van der Waals surface area (Å²) in [4.78, 5) is 38.4. The van der Waals surface area contributed by atoms with Crippen LogP contribution >= 0.6 is 0 Å². The fourth-order valence-corrected chi connectivity index (χ4v) is 2.84. The lowest BCUT2D eigenvalue weighted by atomic mass is 10.0. The van der Waals surface area contributed by atoms with Crippen molar-refractivity contribution in [3.8, 4) is 0 Å². The molecular formula is C14H17N3O4. The molecule has 2 aliphatic rings. The van der Waals surface area contributed by atoms with Crippen molar-refractivity contribution in [3.63, 3.8) is 0 Å². The Morgan fingerprint density at radius 3 is 2.38 bits per heavy atom. The van der Waals surface area contributed by atoms with Crippen LogP contribution in [0.1, 0.15) is 29.9 Å². The van der Waals surface area contributed by atoms with Crippen molar-refractivity contribution in [1.29, 1.82) is 0 Å². The first-order chi connectivity index (χ1) is 9.97. The number of carbonyl (C=O) groups excluding carboxylic acids is 3. The molecule has 0 saturated carbocycles. The van der Waals surface area contributed by atoms with Gasteiger partial charge in [-0.3, -0.25) is 19.3 Å². The smallest absolute Gasteiger partial charge is 0.230 e. The highest BCUT2D eigenvalue weighted by Gasteiger charge is 2.42. The maximum atomic E-state index is 12.2. The van der Waals surface area contributed by atoms with E-state index in [4.69, 9.17) is 4.52 Å². The molecule has 0 spiro atoms. The molecule has 2 saturated heterocycles. The quantitative estimate of drug-likeness (QED) is 0.742. The van der Waals surface area contributed by atoms with E-state index >= 15 is 0 Å². The Morgan fingerprint density at radius 2 is 1.86 bits per heavy atom. The lowest BCUT2D eigenvalue weighted by Gasteiger charge is -2.43. The van der Waals surface area contributed by atoms with E-state index in [-0.39, 0.29) is 30.2 Å². The van der Waals surface area contributed by atoms with Crippen molar-refractivity contribution in [3.05, 3.63) is 17.0 Å². The highest BCUT2D eigenvalue weighted by Crippen LogP contribution is 2.23. The number of hydrogen-bond acceptors (Lipinski definition) is 5. The average molecular weight is 291 g/mol. The number of carbonyl (C=O) groups is 3. The fraction of sp³-hybridized carbons (Fsp3) is 0.571. The van der Waals surface area contributed by atoms with Gasteiger partial charge in [-0.25, -0.2) is 0 Å². The van der Waals surface area contributed by atoms with Gasteiger partial charge in [0.2, 0.25) is 17.7 Å². The van der Waals surface area contributed by atoms with Crippen LogP contribution in [0, 0.1) is 13.8 Å². The minimum Gasteiger partial charge on any atom is -0.361 e. The topological polar surface area (TPSA) is 83.7 Å². The SMILES string of the molecule is Cc1noc(C)c1CC(=O)N1CC(N2C(=O)CCC2=O)C1. The molecule has 7 nitrogen and oxygen atoms in total. The summed E-state index contributed by atoms with van der Waals surface area (Å²) in [6, 6.07) is -0.152. The van der Waals surface area contributed by atoms with E-state index in [0.29, 0.717) is 31.7 Å². The van der Waals surface area contributed by atoms with Crippen molar-refractivity contribution in [2.75, 3.05) is 13.1 Å². The van der Waals surface area contributed by atoms with Crippen LogP contribution < -0.4 is 0 Å². The van der Waals surface area contributed by atoms with E-state index < -0.39 is 0 Å². The van der Waals surface area contributed by atoms with Crippen molar-refractivity contribution in [1.82, 2.24) is 15.0 Å². The van der Waals surface area contributed by atoms with E-state index in [1.807, 2.05) is 0 Å². The summed E-state index contributed by atoms with van der Waals surface area (Å²) >= 11 is 0. The molecule has 0 atom stereocenters. The molecule has 3 rings (SSSR count). The third-order valence-electron chi connectivity index (χ3n) is 4.18. The molecule has 0 unspecified atom stereocenters. The first kappa shape index (κ1) is 13.8. The molecule has 0 aliphatic carbocycles. The van der Waals surface area contributed by atoms with Gasteiger partial charge in [0, 0.05) is 31.5 Å². The van der Waals surface area contributed by atoms with Gasteiger partial charge in [0.15, 0.2) is 0 Å². The molecular weight excluding hydrogens is 274 g/mol. The second-order valence-corrected chi connectivity index (χ2v) is 5.59. The number of rotatable bonds is 3. The second-order valence-electron chi connectivity index (χ2n) is 5.59. The van der Waals surface area contributed by atoms with Gasteiger partial charge < -0.3 is 9.42 Å². The number of aryl methyl sites for hydroxylation is 2. The summed E-state index contributed by atoms with van der Waals surface area (Å²) in [6.07, 6.45) is 0.834. The molecule has 3 amide bonds. The van der Waals surface area contributed by atoms with Crippen molar-refractivity contribution >= 4 is 17.7 Å². The van der Waals surface area contributed by atoms with E-state index in [1.54, 1.807) is 18.7 Å². The van der Waals surface area contributed by atoms with Crippen LogP contribution in [0.2, 0.25) is 0 Å².